The third-order valence-corrected chi connectivity index (χ3v) is 11.0. The maximum absolute atomic E-state index is 13.5. The predicted molar refractivity (Wildman–Crippen MR) is 154 cm³/mol. The number of nitrogens with one attached hydrogen (secondary N) is 2. The van der Waals surface area contributed by atoms with Gasteiger partial charge in [0.05, 0.1) is 44.6 Å². The average Bonchev–Trinajstić information content (AvgIpc) is 3.73. The molecule has 0 aromatic carbocycles. The number of nitrogen functional groups attached to an aromatic ring is 2. The summed E-state index contributed by atoms with van der Waals surface area (Å²) in [6, 6.07) is -2.29. The number of imidazole rings is 2. The number of fused-ring (bicyclic) bond motifs is 4. The Morgan fingerprint density at radius 1 is 0.864 bits per heavy atom. The lowest BCUT2D eigenvalue weighted by atomic mass is 10.1. The molecule has 3 saturated heterocycles. The van der Waals surface area contributed by atoms with Crippen LogP contribution in [0, 0.1) is 0 Å². The van der Waals surface area contributed by atoms with Crippen LogP contribution in [-0.2, 0) is 47.1 Å². The molecule has 0 saturated carbocycles. The van der Waals surface area contributed by atoms with Gasteiger partial charge in [-0.05, 0) is 0 Å². The Morgan fingerprint density at radius 2 is 1.34 bits per heavy atom. The molecule has 44 heavy (non-hydrogen) atoms. The van der Waals surface area contributed by atoms with E-state index >= 15 is 0 Å². The van der Waals surface area contributed by atoms with E-state index in [1.54, 1.807) is 0 Å². The molecule has 4 aromatic rings. The van der Waals surface area contributed by atoms with Gasteiger partial charge in [-0.1, -0.05) is 11.8 Å². The quantitative estimate of drug-likeness (QED) is 0.0942. The lowest BCUT2D eigenvalue weighted by Gasteiger charge is -2.38. The molecule has 0 aliphatic carbocycles. The zero-order chi connectivity index (χ0) is 31.0. The Morgan fingerprint density at radius 3 is 1.86 bits per heavy atom. The highest BCUT2D eigenvalue weighted by Gasteiger charge is 2.49. The number of aliphatic hydroxyl groups is 2. The minimum absolute atomic E-state index is 0.117. The standard InChI is InChI=1S/C20H26N12O8P2S2/c21-15-11-17(25-3-23-15)31(5-27-11)19-13(33)9-7(39-19)1-37-41(35,43)30-10-8(2-38-42(36,44)29-9)40-20(14(10)34)32-6-28-12-16(22)24-4-26-18(12)32/h3-10,13-14,19-20,33-34H,1-2H2,(H2,21,23,25)(H2,22,24,26)(H2,29,36,44)(H2,30,35,43)/p-2/t7-,8-,9-,10-,13-,14-,19-,20-,41?,42?/m1/s1. The molecule has 8 N–H and O–H groups in total. The van der Waals surface area contributed by atoms with Gasteiger partial charge in [0.25, 0.3) is 0 Å². The van der Waals surface area contributed by atoms with E-state index in [4.69, 9.17) is 54.0 Å². The van der Waals surface area contributed by atoms with E-state index in [2.05, 4.69) is 40.1 Å². The average molecular weight is 687 g/mol. The summed E-state index contributed by atoms with van der Waals surface area (Å²) in [4.78, 5) is 38.0. The van der Waals surface area contributed by atoms with Crippen molar-refractivity contribution in [3.05, 3.63) is 25.3 Å². The van der Waals surface area contributed by atoms with Gasteiger partial charge in [0.15, 0.2) is 35.4 Å². The first-order valence-electron chi connectivity index (χ1n) is 12.9. The zero-order valence-corrected chi connectivity index (χ0v) is 25.6. The van der Waals surface area contributed by atoms with Crippen LogP contribution in [0.2, 0.25) is 0 Å². The second kappa shape index (κ2) is 11.1. The van der Waals surface area contributed by atoms with E-state index in [0.717, 1.165) is 0 Å². The van der Waals surface area contributed by atoms with Crippen molar-refractivity contribution in [2.24, 2.45) is 0 Å². The molecule has 7 rings (SSSR count). The Kier molecular flexibility index (Phi) is 7.64. The van der Waals surface area contributed by atoms with Crippen molar-refractivity contribution < 1.29 is 38.2 Å². The molecule has 0 spiro atoms. The van der Waals surface area contributed by atoms with Crippen LogP contribution in [0.1, 0.15) is 12.5 Å². The topological polar surface area (TPSA) is 281 Å². The summed E-state index contributed by atoms with van der Waals surface area (Å²) in [6.07, 6.45) is -2.08. The Bertz CT molecular complexity index is 1700. The first-order chi connectivity index (χ1) is 20.9. The Balaban J connectivity index is 1.17. The molecular weight excluding hydrogens is 662 g/mol. The summed E-state index contributed by atoms with van der Waals surface area (Å²) in [7, 11) is 0. The van der Waals surface area contributed by atoms with Gasteiger partial charge in [-0.3, -0.25) is 19.3 Å². The second-order valence-corrected chi connectivity index (χ2v) is 16.1. The van der Waals surface area contributed by atoms with Gasteiger partial charge in [0, 0.05) is 0 Å². The van der Waals surface area contributed by atoms with E-state index in [9.17, 15) is 19.7 Å². The van der Waals surface area contributed by atoms with Crippen LogP contribution in [0.5, 0.6) is 0 Å². The molecule has 4 aromatic heterocycles. The smallest absolute Gasteiger partial charge is 0.167 e. The maximum atomic E-state index is 13.5. The number of hydrogen-bond acceptors (Lipinski definition) is 18. The van der Waals surface area contributed by atoms with E-state index in [0.29, 0.717) is 0 Å². The van der Waals surface area contributed by atoms with Gasteiger partial charge >= 0.3 is 0 Å². The fourth-order valence-corrected chi connectivity index (χ4v) is 8.74. The van der Waals surface area contributed by atoms with Crippen LogP contribution in [0.15, 0.2) is 25.3 Å². The number of nitrogens with zero attached hydrogens (tertiary/aromatic N) is 8. The van der Waals surface area contributed by atoms with Crippen molar-refractivity contribution in [1.29, 1.82) is 0 Å². The van der Waals surface area contributed by atoms with E-state index in [-0.39, 0.29) is 34.0 Å². The highest BCUT2D eigenvalue weighted by molar-refractivity contribution is 8.33. The van der Waals surface area contributed by atoms with Crippen LogP contribution >= 0.6 is 13.4 Å². The molecule has 3 aliphatic rings. The monoisotopic (exact) mass is 686 g/mol. The van der Waals surface area contributed by atoms with Gasteiger partial charge in [-0.15, -0.1) is 0 Å². The third kappa shape index (κ3) is 5.28. The molecule has 0 radical (unpaired) electrons. The molecule has 2 unspecified atom stereocenters. The predicted octanol–water partition coefficient (Wildman–Crippen LogP) is -2.45. The maximum Gasteiger partial charge on any atom is 0.167 e. The Labute approximate surface area is 257 Å². The fraction of sp³-hybridized carbons (Fsp3) is 0.500. The van der Waals surface area contributed by atoms with Crippen LogP contribution < -0.4 is 26.5 Å². The lowest BCUT2D eigenvalue weighted by Crippen LogP contribution is -2.49. The van der Waals surface area contributed by atoms with E-state index in [1.165, 1.54) is 34.4 Å². The largest absolute Gasteiger partial charge is 0.789 e. The van der Waals surface area contributed by atoms with Gasteiger partial charge in [-0.2, -0.15) is 0 Å². The van der Waals surface area contributed by atoms with Crippen molar-refractivity contribution in [2.75, 3.05) is 24.7 Å². The summed E-state index contributed by atoms with van der Waals surface area (Å²) < 4.78 is 39.6. The van der Waals surface area contributed by atoms with Crippen LogP contribution in [0.25, 0.3) is 22.3 Å². The van der Waals surface area contributed by atoms with Crippen molar-refractivity contribution in [3.8, 4) is 0 Å². The molecule has 7 heterocycles. The third-order valence-electron chi connectivity index (χ3n) is 7.50. The number of aliphatic hydroxyl groups excluding tert-OH is 2. The van der Waals surface area contributed by atoms with Gasteiger partial charge in [0.1, 0.15) is 54.8 Å². The van der Waals surface area contributed by atoms with Crippen molar-refractivity contribution >= 4 is 71.4 Å². The minimum atomic E-state index is -4.11. The van der Waals surface area contributed by atoms with Crippen molar-refractivity contribution in [1.82, 2.24) is 49.2 Å². The molecular formula is C20H24N12O8P2S2-2. The summed E-state index contributed by atoms with van der Waals surface area (Å²) in [5.41, 5.74) is 12.8. The normalized spacial score (nSPS) is 38.3. The van der Waals surface area contributed by atoms with Gasteiger partial charge in [-0.25, -0.2) is 29.9 Å². The summed E-state index contributed by atoms with van der Waals surface area (Å²) in [5.74, 6) is 0.234. The molecule has 20 nitrogen and oxygen atoms in total. The fourth-order valence-electron chi connectivity index (χ4n) is 5.44. The van der Waals surface area contributed by atoms with Crippen LogP contribution in [-0.4, -0.2) is 99.0 Å². The number of anilines is 2. The molecule has 10 atom stereocenters. The first-order valence-corrected chi connectivity index (χ1v) is 18.2. The van der Waals surface area contributed by atoms with Gasteiger partial charge < -0.3 is 61.9 Å². The molecule has 24 heteroatoms. The SMILES string of the molecule is Nc1ncnc2c1ncn2[C@@H]1O[C@@H]2COP([O-])(=S)N[C@H]3[C@@H](O)[C@H](n4cnc5c(N)ncnc54)O[C@@H]3COP(=O)([S-])N[C@H]2[C@H]1O. The van der Waals surface area contributed by atoms with Crippen molar-refractivity contribution in [2.45, 2.75) is 49.0 Å². The van der Waals surface area contributed by atoms with E-state index in [1.807, 2.05) is 0 Å². The molecule has 3 aliphatic heterocycles. The number of hydrogen-bond donors (Lipinski definition) is 6. The zero-order valence-electron chi connectivity index (χ0n) is 22.1. The van der Waals surface area contributed by atoms with Crippen LogP contribution in [0.4, 0.5) is 11.6 Å². The van der Waals surface area contributed by atoms with Gasteiger partial charge in [0.2, 0.25) is 0 Å². The van der Waals surface area contributed by atoms with Crippen molar-refractivity contribution in [3.63, 3.8) is 0 Å². The lowest BCUT2D eigenvalue weighted by molar-refractivity contribution is -0.190. The van der Waals surface area contributed by atoms with E-state index < -0.39 is 75.5 Å². The number of aromatic nitrogens is 8. The summed E-state index contributed by atoms with van der Waals surface area (Å²) >= 11 is 10.5. The number of rotatable bonds is 2. The molecule has 0 amide bonds. The highest BCUT2D eigenvalue weighted by Crippen LogP contribution is 2.47. The van der Waals surface area contributed by atoms with Crippen LogP contribution in [0.3, 0.4) is 0 Å². The number of ether oxygens (including phenoxy) is 2. The minimum Gasteiger partial charge on any atom is -0.789 e. The molecule has 3 fully saturated rings. The highest BCUT2D eigenvalue weighted by atomic mass is 32.7. The Hall–Kier alpha value is -2.43. The second-order valence-electron chi connectivity index (χ2n) is 10.2. The first kappa shape index (κ1) is 30.2. The summed E-state index contributed by atoms with van der Waals surface area (Å²) in [5, 5.41) is 27.9. The molecule has 0 bridgehead atoms. The molecule has 236 valence electrons. The number of nitrogens with two attached hydrogens (primary N) is 2. The summed E-state index contributed by atoms with van der Waals surface area (Å²) in [6.45, 7) is -9.10.